The maximum Gasteiger partial charge on any atom is 0.122 e. The molecule has 2 nitrogen and oxygen atoms in total. The molecule has 0 amide bonds. The summed E-state index contributed by atoms with van der Waals surface area (Å²) < 4.78 is 5.48. The molecule has 1 unspecified atom stereocenters. The lowest BCUT2D eigenvalue weighted by atomic mass is 9.93. The summed E-state index contributed by atoms with van der Waals surface area (Å²) in [7, 11) is 3.79. The van der Waals surface area contributed by atoms with E-state index >= 15 is 0 Å². The lowest BCUT2D eigenvalue weighted by Gasteiger charge is -2.19. The van der Waals surface area contributed by atoms with Gasteiger partial charge in [-0.25, -0.2) is 0 Å². The van der Waals surface area contributed by atoms with Crippen molar-refractivity contribution in [3.8, 4) is 5.75 Å². The predicted molar refractivity (Wildman–Crippen MR) is 78.7 cm³/mol. The highest BCUT2D eigenvalue weighted by Gasteiger charge is 2.13. The minimum atomic E-state index is 0.494. The molecule has 0 aliphatic heterocycles. The number of hydrogen-bond acceptors (Lipinski definition) is 2. The van der Waals surface area contributed by atoms with Crippen molar-refractivity contribution < 1.29 is 4.74 Å². The number of ether oxygens (including phenoxy) is 1. The van der Waals surface area contributed by atoms with E-state index in [4.69, 9.17) is 4.74 Å². The Morgan fingerprint density at radius 3 is 2.39 bits per heavy atom. The average Bonchev–Trinajstić information content (AvgIpc) is 2.36. The van der Waals surface area contributed by atoms with Gasteiger partial charge in [0, 0.05) is 6.04 Å². The topological polar surface area (TPSA) is 21.3 Å². The first-order valence-electron chi connectivity index (χ1n) is 6.88. The van der Waals surface area contributed by atoms with Gasteiger partial charge in [0.1, 0.15) is 5.75 Å². The maximum atomic E-state index is 5.48. The van der Waals surface area contributed by atoms with Gasteiger partial charge >= 0.3 is 0 Å². The zero-order valence-electron chi connectivity index (χ0n) is 12.6. The number of benzene rings is 1. The molecular formula is C16H27NO. The van der Waals surface area contributed by atoms with Crippen LogP contribution in [0.2, 0.25) is 0 Å². The molecule has 1 N–H and O–H groups in total. The Morgan fingerprint density at radius 2 is 1.94 bits per heavy atom. The van der Waals surface area contributed by atoms with E-state index < -0.39 is 0 Å². The average molecular weight is 249 g/mol. The van der Waals surface area contributed by atoms with Gasteiger partial charge in [0.05, 0.1) is 7.11 Å². The van der Waals surface area contributed by atoms with Crippen LogP contribution in [0.5, 0.6) is 5.75 Å². The van der Waals surface area contributed by atoms with E-state index in [-0.39, 0.29) is 0 Å². The molecule has 0 heterocycles. The zero-order valence-corrected chi connectivity index (χ0v) is 12.6. The Morgan fingerprint density at radius 1 is 1.28 bits per heavy atom. The third-order valence-electron chi connectivity index (χ3n) is 3.68. The van der Waals surface area contributed by atoms with Crippen LogP contribution in [-0.2, 0) is 6.42 Å². The summed E-state index contributed by atoms with van der Waals surface area (Å²) in [5.74, 6) is 1.51. The number of rotatable bonds is 6. The highest BCUT2D eigenvalue weighted by atomic mass is 16.5. The monoisotopic (exact) mass is 249 g/mol. The third-order valence-corrected chi connectivity index (χ3v) is 3.68. The molecule has 1 aromatic rings. The fraction of sp³-hybridized carbons (Fsp3) is 0.625. The van der Waals surface area contributed by atoms with Crippen molar-refractivity contribution in [2.75, 3.05) is 14.2 Å². The van der Waals surface area contributed by atoms with Gasteiger partial charge in [-0.15, -0.1) is 0 Å². The summed E-state index contributed by atoms with van der Waals surface area (Å²) in [6.45, 7) is 8.83. The molecule has 0 radical (unpaired) electrons. The molecule has 0 spiro atoms. The van der Waals surface area contributed by atoms with E-state index in [1.54, 1.807) is 7.11 Å². The molecule has 1 rings (SSSR count). The van der Waals surface area contributed by atoms with Gasteiger partial charge in [-0.1, -0.05) is 26.8 Å². The quantitative estimate of drug-likeness (QED) is 0.830. The maximum absolute atomic E-state index is 5.48. The van der Waals surface area contributed by atoms with Crippen molar-refractivity contribution in [2.45, 2.75) is 52.5 Å². The second kappa shape index (κ2) is 6.79. The van der Waals surface area contributed by atoms with Crippen LogP contribution in [0.25, 0.3) is 0 Å². The predicted octanol–water partition coefficient (Wildman–Crippen LogP) is 3.67. The van der Waals surface area contributed by atoms with E-state index in [9.17, 15) is 0 Å². The van der Waals surface area contributed by atoms with Crippen molar-refractivity contribution in [3.05, 3.63) is 28.8 Å². The summed E-state index contributed by atoms with van der Waals surface area (Å²) >= 11 is 0. The summed E-state index contributed by atoms with van der Waals surface area (Å²) in [6, 6.07) is 5.04. The lowest BCUT2D eigenvalue weighted by molar-refractivity contribution is 0.406. The number of methoxy groups -OCH3 is 1. The van der Waals surface area contributed by atoms with Crippen molar-refractivity contribution in [1.82, 2.24) is 5.32 Å². The zero-order chi connectivity index (χ0) is 13.7. The molecule has 2 heteroatoms. The minimum Gasteiger partial charge on any atom is -0.496 e. The van der Waals surface area contributed by atoms with Gasteiger partial charge in [0.25, 0.3) is 0 Å². The SMILES string of the molecule is CCC(Cc1cc(C(C)C)c(OC)cc1C)NC. The molecule has 1 atom stereocenters. The smallest absolute Gasteiger partial charge is 0.122 e. The standard InChI is InChI=1S/C16H27NO/c1-7-14(17-5)9-13-10-15(11(2)3)16(18-6)8-12(13)4/h8,10-11,14,17H,7,9H2,1-6H3. The van der Waals surface area contributed by atoms with E-state index in [2.05, 4.69) is 45.1 Å². The molecule has 0 bridgehead atoms. The highest BCUT2D eigenvalue weighted by molar-refractivity contribution is 5.44. The Balaban J connectivity index is 3.09. The van der Waals surface area contributed by atoms with Crippen LogP contribution in [0.4, 0.5) is 0 Å². The van der Waals surface area contributed by atoms with Crippen molar-refractivity contribution in [3.63, 3.8) is 0 Å². The molecule has 0 aliphatic rings. The first-order valence-corrected chi connectivity index (χ1v) is 6.88. The Bertz CT molecular complexity index is 381. The van der Waals surface area contributed by atoms with Crippen LogP contribution < -0.4 is 10.1 Å². The highest BCUT2D eigenvalue weighted by Crippen LogP contribution is 2.30. The normalized spacial score (nSPS) is 12.8. The number of hydrogen-bond donors (Lipinski definition) is 1. The van der Waals surface area contributed by atoms with Crippen LogP contribution in [0.15, 0.2) is 12.1 Å². The minimum absolute atomic E-state index is 0.494. The number of aryl methyl sites for hydroxylation is 1. The first-order chi connectivity index (χ1) is 8.53. The Kier molecular flexibility index (Phi) is 5.67. The van der Waals surface area contributed by atoms with Crippen LogP contribution >= 0.6 is 0 Å². The fourth-order valence-corrected chi connectivity index (χ4v) is 2.31. The second-order valence-corrected chi connectivity index (χ2v) is 5.27. The molecule has 102 valence electrons. The van der Waals surface area contributed by atoms with E-state index in [0.717, 1.165) is 18.6 Å². The van der Waals surface area contributed by atoms with Crippen molar-refractivity contribution >= 4 is 0 Å². The van der Waals surface area contributed by atoms with Crippen LogP contribution in [0.3, 0.4) is 0 Å². The molecule has 0 aromatic heterocycles. The van der Waals surface area contributed by atoms with Gasteiger partial charge in [-0.3, -0.25) is 0 Å². The van der Waals surface area contributed by atoms with Gasteiger partial charge in [0.2, 0.25) is 0 Å². The fourth-order valence-electron chi connectivity index (χ4n) is 2.31. The number of nitrogens with one attached hydrogen (secondary N) is 1. The lowest BCUT2D eigenvalue weighted by Crippen LogP contribution is -2.26. The van der Waals surface area contributed by atoms with E-state index in [1.807, 2.05) is 7.05 Å². The molecule has 1 aromatic carbocycles. The molecule has 0 fully saturated rings. The third kappa shape index (κ3) is 3.49. The van der Waals surface area contributed by atoms with Gasteiger partial charge < -0.3 is 10.1 Å². The second-order valence-electron chi connectivity index (χ2n) is 5.27. The van der Waals surface area contributed by atoms with Gasteiger partial charge in [-0.2, -0.15) is 0 Å². The van der Waals surface area contributed by atoms with Crippen LogP contribution in [-0.4, -0.2) is 20.2 Å². The largest absolute Gasteiger partial charge is 0.496 e. The van der Waals surface area contributed by atoms with Crippen LogP contribution in [0, 0.1) is 6.92 Å². The molecule has 0 saturated heterocycles. The summed E-state index contributed by atoms with van der Waals surface area (Å²) in [5, 5.41) is 3.37. The summed E-state index contributed by atoms with van der Waals surface area (Å²) in [4.78, 5) is 0. The Hall–Kier alpha value is -1.02. The first kappa shape index (κ1) is 15.0. The summed E-state index contributed by atoms with van der Waals surface area (Å²) in [5.41, 5.74) is 4.06. The van der Waals surface area contributed by atoms with Crippen molar-refractivity contribution in [2.24, 2.45) is 0 Å². The van der Waals surface area contributed by atoms with Crippen LogP contribution in [0.1, 0.15) is 49.8 Å². The summed E-state index contributed by atoms with van der Waals surface area (Å²) in [6.07, 6.45) is 2.24. The van der Waals surface area contributed by atoms with E-state index in [0.29, 0.717) is 12.0 Å². The molecule has 18 heavy (non-hydrogen) atoms. The molecular weight excluding hydrogens is 222 g/mol. The van der Waals surface area contributed by atoms with Crippen molar-refractivity contribution in [1.29, 1.82) is 0 Å². The molecule has 0 saturated carbocycles. The Labute approximate surface area is 112 Å². The van der Waals surface area contributed by atoms with Gasteiger partial charge in [-0.05, 0) is 55.5 Å². The number of likely N-dealkylation sites (N-methyl/N-ethyl adjacent to an activating group) is 1. The molecule has 0 aliphatic carbocycles. The van der Waals surface area contributed by atoms with Gasteiger partial charge in [0.15, 0.2) is 0 Å². The van der Waals surface area contributed by atoms with E-state index in [1.165, 1.54) is 16.7 Å².